The number of nitrogens with one attached hydrogen (secondary N) is 1. The fourth-order valence-electron chi connectivity index (χ4n) is 2.94. The minimum Gasteiger partial charge on any atom is -0.480 e. The molecule has 0 aliphatic heterocycles. The first kappa shape index (κ1) is 18.2. The Morgan fingerprint density at radius 2 is 1.96 bits per heavy atom. The number of aryl methyl sites for hydroxylation is 1. The van der Waals surface area contributed by atoms with E-state index in [0.29, 0.717) is 6.42 Å². The van der Waals surface area contributed by atoms with E-state index in [0.717, 1.165) is 24.9 Å². The summed E-state index contributed by atoms with van der Waals surface area (Å²) in [5.74, 6) is -0.784. The van der Waals surface area contributed by atoms with Crippen LogP contribution in [0.2, 0.25) is 0 Å². The second-order valence-corrected chi connectivity index (χ2v) is 6.36. The van der Waals surface area contributed by atoms with Crippen molar-refractivity contribution in [1.29, 1.82) is 0 Å². The predicted octanol–water partition coefficient (Wildman–Crippen LogP) is 2.45. The van der Waals surface area contributed by atoms with E-state index in [1.165, 1.54) is 5.56 Å². The van der Waals surface area contributed by atoms with Crippen LogP contribution in [0.3, 0.4) is 0 Å². The fraction of sp³-hybridized carbons (Fsp3) is 0.474. The van der Waals surface area contributed by atoms with Gasteiger partial charge < -0.3 is 10.4 Å². The van der Waals surface area contributed by atoms with Crippen LogP contribution in [0.4, 0.5) is 0 Å². The van der Waals surface area contributed by atoms with Gasteiger partial charge in [0, 0.05) is 18.5 Å². The maximum Gasteiger partial charge on any atom is 0.317 e. The summed E-state index contributed by atoms with van der Waals surface area (Å²) in [6, 6.07) is 8.58. The zero-order chi connectivity index (χ0) is 17.5. The molecule has 5 heteroatoms. The molecule has 0 heterocycles. The molecule has 1 aromatic rings. The molecule has 0 aromatic heterocycles. The highest BCUT2D eigenvalue weighted by Crippen LogP contribution is 2.25. The first-order valence-electron chi connectivity index (χ1n) is 8.46. The second-order valence-electron chi connectivity index (χ2n) is 6.36. The highest BCUT2D eigenvalue weighted by molar-refractivity contribution is 5.79. The van der Waals surface area contributed by atoms with E-state index < -0.39 is 5.97 Å². The van der Waals surface area contributed by atoms with E-state index in [2.05, 4.69) is 5.32 Å². The third-order valence-corrected chi connectivity index (χ3v) is 4.43. The number of aliphatic carboxylic acids is 1. The van der Waals surface area contributed by atoms with E-state index in [4.69, 9.17) is 5.11 Å². The van der Waals surface area contributed by atoms with Crippen molar-refractivity contribution in [2.45, 2.75) is 45.2 Å². The number of amides is 1. The summed E-state index contributed by atoms with van der Waals surface area (Å²) < 4.78 is 0. The molecule has 2 rings (SSSR count). The van der Waals surface area contributed by atoms with Crippen LogP contribution in [0.15, 0.2) is 30.3 Å². The Kier molecular flexibility index (Phi) is 6.55. The number of nitrogens with zero attached hydrogens (tertiary/aromatic N) is 1. The number of hydrogen-bond donors (Lipinski definition) is 2. The van der Waals surface area contributed by atoms with Gasteiger partial charge in [-0.15, -0.1) is 0 Å². The van der Waals surface area contributed by atoms with Crippen molar-refractivity contribution in [1.82, 2.24) is 10.2 Å². The Morgan fingerprint density at radius 1 is 1.29 bits per heavy atom. The third kappa shape index (κ3) is 5.49. The highest BCUT2D eigenvalue weighted by Gasteiger charge is 2.34. The number of rotatable bonds is 8. The number of carbonyl (C=O) groups excluding carboxylic acids is 1. The lowest BCUT2D eigenvalue weighted by atomic mass is 9.85. The molecule has 1 aromatic carbocycles. The van der Waals surface area contributed by atoms with Crippen LogP contribution >= 0.6 is 0 Å². The van der Waals surface area contributed by atoms with E-state index in [-0.39, 0.29) is 24.5 Å². The topological polar surface area (TPSA) is 69.6 Å². The molecule has 0 unspecified atom stereocenters. The second kappa shape index (κ2) is 8.64. The minimum absolute atomic E-state index is 0.0168. The van der Waals surface area contributed by atoms with Crippen LogP contribution in [0, 0.1) is 6.92 Å². The molecule has 1 aliphatic carbocycles. The smallest absolute Gasteiger partial charge is 0.317 e. The lowest BCUT2D eigenvalue weighted by Crippen LogP contribution is -2.54. The van der Waals surface area contributed by atoms with Crippen molar-refractivity contribution in [3.05, 3.63) is 41.5 Å². The van der Waals surface area contributed by atoms with Gasteiger partial charge in [-0.05, 0) is 31.9 Å². The number of hydrogen-bond acceptors (Lipinski definition) is 3. The van der Waals surface area contributed by atoms with Crippen molar-refractivity contribution in [3.8, 4) is 0 Å². The average Bonchev–Trinajstić information content (AvgIpc) is 2.50. The van der Waals surface area contributed by atoms with Gasteiger partial charge in [0.25, 0.3) is 0 Å². The molecular weight excluding hydrogens is 304 g/mol. The van der Waals surface area contributed by atoms with Gasteiger partial charge in [-0.25, -0.2) is 0 Å². The molecule has 130 valence electrons. The summed E-state index contributed by atoms with van der Waals surface area (Å²) in [4.78, 5) is 24.7. The largest absolute Gasteiger partial charge is 0.480 e. The number of carbonyl (C=O) groups is 2. The van der Waals surface area contributed by atoms with Gasteiger partial charge in [0.05, 0.1) is 6.54 Å². The van der Waals surface area contributed by atoms with Gasteiger partial charge in [0.15, 0.2) is 0 Å². The summed E-state index contributed by atoms with van der Waals surface area (Å²) in [6.07, 6.45) is 5.85. The molecule has 2 N–H and O–H groups in total. The van der Waals surface area contributed by atoms with Gasteiger partial charge in [-0.2, -0.15) is 0 Å². The van der Waals surface area contributed by atoms with E-state index in [1.54, 1.807) is 0 Å². The first-order valence-corrected chi connectivity index (χ1v) is 8.46. The van der Waals surface area contributed by atoms with Gasteiger partial charge in [-0.3, -0.25) is 14.5 Å². The van der Waals surface area contributed by atoms with Gasteiger partial charge in [0.2, 0.25) is 5.91 Å². The van der Waals surface area contributed by atoms with Crippen LogP contribution in [0.1, 0.15) is 37.3 Å². The Morgan fingerprint density at radius 3 is 2.54 bits per heavy atom. The Bertz CT molecular complexity index is 589. The van der Waals surface area contributed by atoms with Gasteiger partial charge >= 0.3 is 5.97 Å². The summed E-state index contributed by atoms with van der Waals surface area (Å²) in [7, 11) is 0. The number of carboxylic acids is 1. The normalized spacial score (nSPS) is 20.1. The average molecular weight is 330 g/mol. The molecule has 0 saturated heterocycles. The van der Waals surface area contributed by atoms with Gasteiger partial charge in [0.1, 0.15) is 0 Å². The number of carboxylic acid groups (broad SMARTS) is 1. The zero-order valence-corrected chi connectivity index (χ0v) is 14.4. The molecular formula is C19H26N2O3. The van der Waals surface area contributed by atoms with Crippen molar-refractivity contribution in [2.24, 2.45) is 0 Å². The molecule has 1 fully saturated rings. The first-order chi connectivity index (χ1) is 11.5. The Balaban J connectivity index is 1.69. The molecule has 0 atom stereocenters. The molecule has 0 radical (unpaired) electrons. The standard InChI is InChI=1S/C19H26N2O3/c1-3-21(13-19(23)24)17-11-16(12-17)20-18(22)6-4-5-15-9-7-14(2)8-10-15/h4-5,7-10,16-17H,3,6,11-13H2,1-2H3,(H,20,22)(H,23,24)/b5-4+. The van der Waals surface area contributed by atoms with Crippen molar-refractivity contribution < 1.29 is 14.7 Å². The Labute approximate surface area is 143 Å². The zero-order valence-electron chi connectivity index (χ0n) is 14.4. The molecule has 24 heavy (non-hydrogen) atoms. The van der Waals surface area contributed by atoms with E-state index in [1.807, 2.05) is 55.2 Å². The maximum absolute atomic E-state index is 11.9. The summed E-state index contributed by atoms with van der Waals surface area (Å²) in [5.41, 5.74) is 2.30. The lowest BCUT2D eigenvalue weighted by molar-refractivity contribution is -0.139. The summed E-state index contributed by atoms with van der Waals surface area (Å²) >= 11 is 0. The maximum atomic E-state index is 11.9. The molecule has 1 saturated carbocycles. The van der Waals surface area contributed by atoms with Crippen LogP contribution in [0.25, 0.3) is 6.08 Å². The van der Waals surface area contributed by atoms with Crippen LogP contribution in [-0.2, 0) is 9.59 Å². The molecule has 1 aliphatic rings. The Hall–Kier alpha value is -2.14. The molecule has 0 spiro atoms. The lowest BCUT2D eigenvalue weighted by Gasteiger charge is -2.42. The van der Waals surface area contributed by atoms with Gasteiger partial charge in [-0.1, -0.05) is 48.9 Å². The van der Waals surface area contributed by atoms with Crippen molar-refractivity contribution >= 4 is 18.0 Å². The van der Waals surface area contributed by atoms with E-state index in [9.17, 15) is 9.59 Å². The van der Waals surface area contributed by atoms with Crippen molar-refractivity contribution in [3.63, 3.8) is 0 Å². The number of benzene rings is 1. The predicted molar refractivity (Wildman–Crippen MR) is 94.7 cm³/mol. The molecule has 0 bridgehead atoms. The summed E-state index contributed by atoms with van der Waals surface area (Å²) in [5, 5.41) is 11.9. The van der Waals surface area contributed by atoms with Crippen LogP contribution < -0.4 is 5.32 Å². The quantitative estimate of drug-likeness (QED) is 0.768. The van der Waals surface area contributed by atoms with Crippen molar-refractivity contribution in [2.75, 3.05) is 13.1 Å². The fourth-order valence-corrected chi connectivity index (χ4v) is 2.94. The highest BCUT2D eigenvalue weighted by atomic mass is 16.4. The number of likely N-dealkylation sites (N-methyl/N-ethyl adjacent to an activating group) is 1. The molecule has 5 nitrogen and oxygen atoms in total. The SMILES string of the molecule is CCN(CC(=O)O)C1CC(NC(=O)C/C=C/c2ccc(C)cc2)C1. The summed E-state index contributed by atoms with van der Waals surface area (Å²) in [6.45, 7) is 4.80. The van der Waals surface area contributed by atoms with E-state index >= 15 is 0 Å². The molecule has 1 amide bonds. The minimum atomic E-state index is -0.800. The monoisotopic (exact) mass is 330 g/mol. The van der Waals surface area contributed by atoms with Crippen LogP contribution in [0.5, 0.6) is 0 Å². The third-order valence-electron chi connectivity index (χ3n) is 4.43. The van der Waals surface area contributed by atoms with Crippen LogP contribution in [-0.4, -0.2) is 47.1 Å².